The predicted octanol–water partition coefficient (Wildman–Crippen LogP) is 2.21. The average Bonchev–Trinajstić information content (AvgIpc) is 2.48. The molecule has 0 aliphatic rings. The van der Waals surface area contributed by atoms with Crippen LogP contribution < -0.4 is 5.73 Å². The molecule has 0 fully saturated rings. The number of hydrogen-bond acceptors (Lipinski definition) is 3. The number of nitrogens with two attached hydrogens (primary N) is 1. The molecule has 5 heteroatoms. The van der Waals surface area contributed by atoms with Crippen molar-refractivity contribution in [3.8, 4) is 0 Å². The van der Waals surface area contributed by atoms with E-state index < -0.39 is 5.54 Å². The predicted molar refractivity (Wildman–Crippen MR) is 66.8 cm³/mol. The van der Waals surface area contributed by atoms with Gasteiger partial charge in [-0.25, -0.2) is 0 Å². The molecule has 15 heavy (non-hydrogen) atoms. The third kappa shape index (κ3) is 3.59. The van der Waals surface area contributed by atoms with E-state index >= 15 is 0 Å². The lowest BCUT2D eigenvalue weighted by Crippen LogP contribution is -2.49. The van der Waals surface area contributed by atoms with Crippen LogP contribution in [0, 0.1) is 0 Å². The maximum absolute atomic E-state index is 11.8. The second kappa shape index (κ2) is 4.63. The van der Waals surface area contributed by atoms with E-state index in [1.54, 1.807) is 37.1 Å². The molecule has 3 nitrogen and oxygen atoms in total. The number of amides is 1. The van der Waals surface area contributed by atoms with Crippen LogP contribution in [-0.2, 0) is 11.3 Å². The summed E-state index contributed by atoms with van der Waals surface area (Å²) in [5, 5.41) is 2.00. The molecule has 1 amide bonds. The Hall–Kier alpha value is -0.390. The fourth-order valence-electron chi connectivity index (χ4n) is 1.23. The van der Waals surface area contributed by atoms with Gasteiger partial charge in [0.1, 0.15) is 0 Å². The zero-order chi connectivity index (χ0) is 11.6. The van der Waals surface area contributed by atoms with Crippen molar-refractivity contribution in [2.75, 3.05) is 7.05 Å². The maximum Gasteiger partial charge on any atom is 0.242 e. The first-order valence-corrected chi connectivity index (χ1v) is 6.25. The summed E-state index contributed by atoms with van der Waals surface area (Å²) in [5.74, 6) is -0.0491. The highest BCUT2D eigenvalue weighted by molar-refractivity contribution is 9.10. The van der Waals surface area contributed by atoms with Crippen molar-refractivity contribution in [2.45, 2.75) is 25.9 Å². The van der Waals surface area contributed by atoms with Gasteiger partial charge in [-0.3, -0.25) is 4.79 Å². The van der Waals surface area contributed by atoms with Gasteiger partial charge in [-0.2, -0.15) is 0 Å². The molecular formula is C10H15BrN2OS. The van der Waals surface area contributed by atoms with E-state index in [1.165, 1.54) is 0 Å². The average molecular weight is 291 g/mol. The lowest BCUT2D eigenvalue weighted by atomic mass is 10.1. The van der Waals surface area contributed by atoms with Crippen molar-refractivity contribution < 1.29 is 4.79 Å². The van der Waals surface area contributed by atoms with Crippen molar-refractivity contribution in [2.24, 2.45) is 5.73 Å². The molecule has 0 unspecified atom stereocenters. The van der Waals surface area contributed by atoms with Crippen LogP contribution in [0.25, 0.3) is 0 Å². The molecule has 84 valence electrons. The van der Waals surface area contributed by atoms with Crippen LogP contribution in [0.4, 0.5) is 0 Å². The quantitative estimate of drug-likeness (QED) is 0.928. The van der Waals surface area contributed by atoms with Gasteiger partial charge in [-0.1, -0.05) is 0 Å². The van der Waals surface area contributed by atoms with E-state index in [4.69, 9.17) is 5.73 Å². The van der Waals surface area contributed by atoms with E-state index in [1.807, 2.05) is 11.4 Å². The molecule has 0 radical (unpaired) electrons. The van der Waals surface area contributed by atoms with Gasteiger partial charge in [0, 0.05) is 21.8 Å². The van der Waals surface area contributed by atoms with Gasteiger partial charge >= 0.3 is 0 Å². The molecule has 1 aromatic heterocycles. The highest BCUT2D eigenvalue weighted by atomic mass is 79.9. The molecule has 2 N–H and O–H groups in total. The van der Waals surface area contributed by atoms with Crippen molar-refractivity contribution in [3.63, 3.8) is 0 Å². The topological polar surface area (TPSA) is 46.3 Å². The smallest absolute Gasteiger partial charge is 0.242 e. The van der Waals surface area contributed by atoms with Gasteiger partial charge in [-0.15, -0.1) is 11.3 Å². The highest BCUT2D eigenvalue weighted by Crippen LogP contribution is 2.21. The number of carbonyl (C=O) groups is 1. The largest absolute Gasteiger partial charge is 0.339 e. The number of nitrogens with zero attached hydrogens (tertiary/aromatic N) is 1. The molecule has 1 heterocycles. The van der Waals surface area contributed by atoms with E-state index in [0.29, 0.717) is 6.54 Å². The molecular weight excluding hydrogens is 276 g/mol. The van der Waals surface area contributed by atoms with Crippen LogP contribution in [0.15, 0.2) is 15.9 Å². The zero-order valence-electron chi connectivity index (χ0n) is 9.08. The molecule has 0 aromatic carbocycles. The molecule has 0 bridgehead atoms. The first-order chi connectivity index (χ1) is 6.80. The maximum atomic E-state index is 11.8. The minimum absolute atomic E-state index is 0.0491. The van der Waals surface area contributed by atoms with Crippen LogP contribution >= 0.6 is 27.3 Å². The van der Waals surface area contributed by atoms with Gasteiger partial charge in [0.2, 0.25) is 5.91 Å². The van der Waals surface area contributed by atoms with Crippen molar-refractivity contribution >= 4 is 33.2 Å². The summed E-state index contributed by atoms with van der Waals surface area (Å²) in [6.45, 7) is 4.04. The summed E-state index contributed by atoms with van der Waals surface area (Å²) in [4.78, 5) is 14.6. The van der Waals surface area contributed by atoms with E-state index in [-0.39, 0.29) is 5.91 Å². The normalized spacial score (nSPS) is 11.5. The molecule has 1 aromatic rings. The summed E-state index contributed by atoms with van der Waals surface area (Å²) in [6.07, 6.45) is 0. The van der Waals surface area contributed by atoms with Gasteiger partial charge in [-0.05, 0) is 35.8 Å². The zero-order valence-corrected chi connectivity index (χ0v) is 11.5. The Morgan fingerprint density at radius 2 is 2.27 bits per heavy atom. The Bertz CT molecular complexity index is 357. The van der Waals surface area contributed by atoms with Crippen LogP contribution in [0.1, 0.15) is 18.7 Å². The van der Waals surface area contributed by atoms with Crippen LogP contribution in [-0.4, -0.2) is 23.4 Å². The summed E-state index contributed by atoms with van der Waals surface area (Å²) in [7, 11) is 1.77. The summed E-state index contributed by atoms with van der Waals surface area (Å²) < 4.78 is 1.05. The Kier molecular flexibility index (Phi) is 3.92. The van der Waals surface area contributed by atoms with Gasteiger partial charge in [0.05, 0.1) is 12.1 Å². The Morgan fingerprint density at radius 3 is 2.67 bits per heavy atom. The second-order valence-corrected chi connectivity index (χ2v) is 6.03. The number of thiophene rings is 1. The minimum Gasteiger partial charge on any atom is -0.339 e. The van der Waals surface area contributed by atoms with Crippen LogP contribution in [0.3, 0.4) is 0 Å². The SMILES string of the molecule is CN(Cc1cc(Br)cs1)C(=O)C(C)(C)N. The summed E-state index contributed by atoms with van der Waals surface area (Å²) in [6, 6.07) is 2.01. The van der Waals surface area contributed by atoms with E-state index in [0.717, 1.165) is 9.35 Å². The fourth-order valence-corrected chi connectivity index (χ4v) is 2.74. The molecule has 0 saturated carbocycles. The number of halogens is 1. The number of likely N-dealkylation sites (N-methyl/N-ethyl adjacent to an activating group) is 1. The first kappa shape index (κ1) is 12.7. The first-order valence-electron chi connectivity index (χ1n) is 4.58. The van der Waals surface area contributed by atoms with Gasteiger partial charge in [0.25, 0.3) is 0 Å². The molecule has 0 spiro atoms. The van der Waals surface area contributed by atoms with Gasteiger partial charge in [0.15, 0.2) is 0 Å². The van der Waals surface area contributed by atoms with Crippen LogP contribution in [0.5, 0.6) is 0 Å². The molecule has 0 atom stereocenters. The van der Waals surface area contributed by atoms with E-state index in [2.05, 4.69) is 15.9 Å². The second-order valence-electron chi connectivity index (χ2n) is 4.11. The summed E-state index contributed by atoms with van der Waals surface area (Å²) in [5.41, 5.74) is 4.94. The molecule has 0 aliphatic heterocycles. The van der Waals surface area contributed by atoms with Gasteiger partial charge < -0.3 is 10.6 Å². The van der Waals surface area contributed by atoms with Crippen molar-refractivity contribution in [1.29, 1.82) is 0 Å². The lowest BCUT2D eigenvalue weighted by Gasteiger charge is -2.25. The Labute approximate surface area is 102 Å². The third-order valence-corrected chi connectivity index (χ3v) is 3.60. The molecule has 0 aliphatic carbocycles. The van der Waals surface area contributed by atoms with Crippen molar-refractivity contribution in [3.05, 3.63) is 20.8 Å². The lowest BCUT2D eigenvalue weighted by molar-refractivity contribution is -0.134. The molecule has 1 rings (SSSR count). The number of carbonyl (C=O) groups excluding carboxylic acids is 1. The number of rotatable bonds is 3. The van der Waals surface area contributed by atoms with Crippen LogP contribution in [0.2, 0.25) is 0 Å². The number of hydrogen-bond donors (Lipinski definition) is 1. The monoisotopic (exact) mass is 290 g/mol. The third-order valence-electron chi connectivity index (χ3n) is 1.91. The van der Waals surface area contributed by atoms with Crippen molar-refractivity contribution in [1.82, 2.24) is 4.90 Å². The minimum atomic E-state index is -0.802. The van der Waals surface area contributed by atoms with E-state index in [9.17, 15) is 4.79 Å². The fraction of sp³-hybridized carbons (Fsp3) is 0.500. The summed E-state index contributed by atoms with van der Waals surface area (Å²) >= 11 is 5.01. The standard InChI is InChI=1S/C10H15BrN2OS/c1-10(2,12)9(14)13(3)5-8-4-7(11)6-15-8/h4,6H,5,12H2,1-3H3. The highest BCUT2D eigenvalue weighted by Gasteiger charge is 2.25. The Balaban J connectivity index is 2.64. The Morgan fingerprint density at radius 1 is 1.67 bits per heavy atom. The molecule has 0 saturated heterocycles.